The molecule has 0 aliphatic rings. The van der Waals surface area contributed by atoms with Crippen molar-refractivity contribution < 1.29 is 9.31 Å². The van der Waals surface area contributed by atoms with Gasteiger partial charge in [0, 0.05) is 11.2 Å². The Morgan fingerprint density at radius 2 is 1.00 bits per heavy atom. The van der Waals surface area contributed by atoms with Crippen molar-refractivity contribution in [3.63, 3.8) is 0 Å². The van der Waals surface area contributed by atoms with E-state index in [0.717, 1.165) is 0 Å². The molecule has 0 aromatic heterocycles. The van der Waals surface area contributed by atoms with Gasteiger partial charge in [-0.05, 0) is 41.5 Å². The Morgan fingerprint density at radius 1 is 0.727 bits per heavy atom. The molecule has 0 fully saturated rings. The Kier molecular flexibility index (Phi) is 3.58. The van der Waals surface area contributed by atoms with Crippen LogP contribution in [0, 0.1) is 0 Å². The average molecular weight is 158 g/mol. The fraction of sp³-hybridized carbons (Fsp3) is 1.00. The van der Waals surface area contributed by atoms with Crippen molar-refractivity contribution >= 4 is 7.69 Å². The molecule has 0 aromatic carbocycles. The van der Waals surface area contributed by atoms with Gasteiger partial charge in [-0.2, -0.15) is 0 Å². The van der Waals surface area contributed by atoms with Gasteiger partial charge in [0.15, 0.2) is 0 Å². The number of hydrogen-bond donors (Lipinski definition) is 0. The molecule has 0 unspecified atom stereocenters. The molecule has 3 heteroatoms. The summed E-state index contributed by atoms with van der Waals surface area (Å²) in [6.07, 6.45) is 0. The first kappa shape index (κ1) is 11.0. The second-order valence-corrected chi connectivity index (χ2v) is 4.63. The van der Waals surface area contributed by atoms with E-state index in [2.05, 4.69) is 0 Å². The molecule has 0 heterocycles. The van der Waals surface area contributed by atoms with Crippen molar-refractivity contribution in [1.29, 1.82) is 0 Å². The van der Waals surface area contributed by atoms with E-state index in [4.69, 9.17) is 9.31 Å². The molecule has 0 saturated heterocycles. The fourth-order valence-corrected chi connectivity index (χ4v) is 0.383. The molecule has 0 amide bonds. The lowest BCUT2D eigenvalue weighted by molar-refractivity contribution is 0.0511. The summed E-state index contributed by atoms with van der Waals surface area (Å²) >= 11 is 0. The van der Waals surface area contributed by atoms with Gasteiger partial charge >= 0.3 is 7.69 Å². The summed E-state index contributed by atoms with van der Waals surface area (Å²) in [7, 11) is 0.368. The lowest BCUT2D eigenvalue weighted by atomic mass is 10.1. The number of rotatable bonds is 2. The Hall–Kier alpha value is -0.0151. The van der Waals surface area contributed by atoms with Crippen LogP contribution in [0.3, 0.4) is 0 Å². The molecule has 0 rings (SSSR count). The molecule has 0 N–H and O–H groups in total. The van der Waals surface area contributed by atoms with Gasteiger partial charge in [-0.25, -0.2) is 0 Å². The SMILES string of the molecule is CC(C)(C)OBOC(C)(C)C. The van der Waals surface area contributed by atoms with Crippen LogP contribution in [-0.4, -0.2) is 18.9 Å². The molecule has 0 aromatic rings. The minimum Gasteiger partial charge on any atom is -0.409 e. The lowest BCUT2D eigenvalue weighted by Crippen LogP contribution is -2.29. The zero-order valence-electron chi connectivity index (χ0n) is 8.52. The summed E-state index contributed by atoms with van der Waals surface area (Å²) < 4.78 is 10.8. The van der Waals surface area contributed by atoms with Crippen molar-refractivity contribution in [2.45, 2.75) is 52.7 Å². The maximum Gasteiger partial charge on any atom is 0.438 e. The van der Waals surface area contributed by atoms with E-state index < -0.39 is 0 Å². The summed E-state index contributed by atoms with van der Waals surface area (Å²) in [5.41, 5.74) is -0.212. The summed E-state index contributed by atoms with van der Waals surface area (Å²) in [5.74, 6) is 0. The smallest absolute Gasteiger partial charge is 0.409 e. The van der Waals surface area contributed by atoms with E-state index >= 15 is 0 Å². The first-order valence-electron chi connectivity index (χ1n) is 3.99. The van der Waals surface area contributed by atoms with Crippen LogP contribution in [0.15, 0.2) is 0 Å². The Balaban J connectivity index is 3.44. The third-order valence-corrected chi connectivity index (χ3v) is 0.984. The third-order valence-electron chi connectivity index (χ3n) is 0.984. The fourth-order valence-electron chi connectivity index (χ4n) is 0.383. The minimum atomic E-state index is -0.106. The van der Waals surface area contributed by atoms with Gasteiger partial charge in [0.1, 0.15) is 0 Å². The van der Waals surface area contributed by atoms with Crippen LogP contribution < -0.4 is 0 Å². The van der Waals surface area contributed by atoms with E-state index in [-0.39, 0.29) is 11.2 Å². The average Bonchev–Trinajstić information content (AvgIpc) is 1.55. The second-order valence-electron chi connectivity index (χ2n) is 4.63. The summed E-state index contributed by atoms with van der Waals surface area (Å²) in [4.78, 5) is 0. The highest BCUT2D eigenvalue weighted by molar-refractivity contribution is 6.18. The van der Waals surface area contributed by atoms with E-state index in [1.165, 1.54) is 0 Å². The predicted molar refractivity (Wildman–Crippen MR) is 48.8 cm³/mol. The quantitative estimate of drug-likeness (QED) is 0.571. The summed E-state index contributed by atoms with van der Waals surface area (Å²) in [6.45, 7) is 12.1. The highest BCUT2D eigenvalue weighted by Crippen LogP contribution is 2.09. The van der Waals surface area contributed by atoms with Crippen LogP contribution in [-0.2, 0) is 9.31 Å². The molecule has 0 bridgehead atoms. The first-order chi connectivity index (χ1) is 4.71. The van der Waals surface area contributed by atoms with Gasteiger partial charge in [-0.1, -0.05) is 0 Å². The van der Waals surface area contributed by atoms with Crippen molar-refractivity contribution in [3.8, 4) is 0 Å². The van der Waals surface area contributed by atoms with E-state index in [0.29, 0.717) is 7.69 Å². The van der Waals surface area contributed by atoms with Crippen LogP contribution in [0.2, 0.25) is 0 Å². The Labute approximate surface area is 70.6 Å². The van der Waals surface area contributed by atoms with Gasteiger partial charge in [0.2, 0.25) is 0 Å². The van der Waals surface area contributed by atoms with Gasteiger partial charge < -0.3 is 9.31 Å². The highest BCUT2D eigenvalue weighted by Gasteiger charge is 2.15. The van der Waals surface area contributed by atoms with E-state index in [1.807, 2.05) is 41.5 Å². The highest BCUT2D eigenvalue weighted by atomic mass is 16.6. The van der Waals surface area contributed by atoms with Crippen LogP contribution in [0.4, 0.5) is 0 Å². The molecular formula is C8H19BO2. The molecular weight excluding hydrogens is 139 g/mol. The van der Waals surface area contributed by atoms with E-state index in [1.54, 1.807) is 0 Å². The Morgan fingerprint density at radius 3 is 1.18 bits per heavy atom. The molecule has 0 spiro atoms. The van der Waals surface area contributed by atoms with Crippen LogP contribution in [0.25, 0.3) is 0 Å². The second kappa shape index (κ2) is 3.59. The predicted octanol–water partition coefficient (Wildman–Crippen LogP) is 1.88. The minimum absolute atomic E-state index is 0.106. The normalized spacial score (nSPS) is 13.3. The van der Waals surface area contributed by atoms with Gasteiger partial charge in [-0.3, -0.25) is 0 Å². The molecule has 66 valence electrons. The van der Waals surface area contributed by atoms with Gasteiger partial charge in [-0.15, -0.1) is 0 Å². The molecule has 0 radical (unpaired) electrons. The number of hydrogen-bond acceptors (Lipinski definition) is 2. The van der Waals surface area contributed by atoms with Gasteiger partial charge in [0.25, 0.3) is 0 Å². The maximum atomic E-state index is 5.38. The standard InChI is InChI=1S/C8H19BO2/c1-7(2,3)10-9-11-8(4,5)6/h9H,1-6H3. The first-order valence-corrected chi connectivity index (χ1v) is 3.99. The third kappa shape index (κ3) is 9.98. The monoisotopic (exact) mass is 158 g/mol. The molecule has 0 saturated carbocycles. The largest absolute Gasteiger partial charge is 0.438 e. The molecule has 2 nitrogen and oxygen atoms in total. The van der Waals surface area contributed by atoms with Crippen molar-refractivity contribution in [3.05, 3.63) is 0 Å². The molecule has 0 aliphatic carbocycles. The van der Waals surface area contributed by atoms with Crippen molar-refractivity contribution in [1.82, 2.24) is 0 Å². The van der Waals surface area contributed by atoms with E-state index in [9.17, 15) is 0 Å². The Bertz CT molecular complexity index is 96.2. The van der Waals surface area contributed by atoms with Crippen LogP contribution in [0.5, 0.6) is 0 Å². The zero-order valence-corrected chi connectivity index (χ0v) is 8.52. The zero-order chi connectivity index (χ0) is 9.12. The molecule has 11 heavy (non-hydrogen) atoms. The maximum absolute atomic E-state index is 5.38. The van der Waals surface area contributed by atoms with Crippen LogP contribution in [0.1, 0.15) is 41.5 Å². The summed E-state index contributed by atoms with van der Waals surface area (Å²) in [6, 6.07) is 0. The topological polar surface area (TPSA) is 18.5 Å². The van der Waals surface area contributed by atoms with Crippen molar-refractivity contribution in [2.75, 3.05) is 0 Å². The van der Waals surface area contributed by atoms with Crippen molar-refractivity contribution in [2.24, 2.45) is 0 Å². The molecule has 0 aliphatic heterocycles. The van der Waals surface area contributed by atoms with Gasteiger partial charge in [0.05, 0.1) is 0 Å². The summed E-state index contributed by atoms with van der Waals surface area (Å²) in [5, 5.41) is 0. The molecule has 0 atom stereocenters. The van der Waals surface area contributed by atoms with Crippen LogP contribution >= 0.6 is 0 Å². The lowest BCUT2D eigenvalue weighted by Gasteiger charge is -2.24.